The Balaban J connectivity index is 1.78. The third kappa shape index (κ3) is 4.56. The number of anilines is 1. The van der Waals surface area contributed by atoms with Crippen LogP contribution in [-0.2, 0) is 0 Å². The van der Waals surface area contributed by atoms with Gasteiger partial charge in [-0.15, -0.1) is 0 Å². The molecule has 2 rings (SSSR count). The summed E-state index contributed by atoms with van der Waals surface area (Å²) in [5, 5.41) is 2.85. The van der Waals surface area contributed by atoms with Gasteiger partial charge in [-0.2, -0.15) is 0 Å². The lowest BCUT2D eigenvalue weighted by molar-refractivity contribution is 0.0952. The molecule has 0 radical (unpaired) electrons. The van der Waals surface area contributed by atoms with Crippen LogP contribution in [0.25, 0.3) is 0 Å². The van der Waals surface area contributed by atoms with E-state index in [1.54, 1.807) is 0 Å². The van der Waals surface area contributed by atoms with Gasteiger partial charge >= 0.3 is 0 Å². The molecule has 0 aliphatic carbocycles. The van der Waals surface area contributed by atoms with Gasteiger partial charge in [-0.05, 0) is 52.7 Å². The summed E-state index contributed by atoms with van der Waals surface area (Å²) in [7, 11) is 2.02. The summed E-state index contributed by atoms with van der Waals surface area (Å²) >= 11 is 3.20. The largest absolute Gasteiger partial charge is 0.375 e. The molecule has 0 aromatic heterocycles. The number of carbonyl (C=O) groups excluding carboxylic acids is 1. The van der Waals surface area contributed by atoms with Gasteiger partial charge in [0.25, 0.3) is 5.91 Å². The molecule has 0 saturated carbocycles. The third-order valence-corrected chi connectivity index (χ3v) is 3.98. The van der Waals surface area contributed by atoms with Crippen LogP contribution >= 0.6 is 15.9 Å². The van der Waals surface area contributed by atoms with Crippen LogP contribution in [0.2, 0.25) is 0 Å². The van der Waals surface area contributed by atoms with Crippen LogP contribution in [0.4, 0.5) is 10.1 Å². The molecule has 0 unspecified atom stereocenters. The van der Waals surface area contributed by atoms with Gasteiger partial charge in [0.15, 0.2) is 0 Å². The van der Waals surface area contributed by atoms with Crippen molar-refractivity contribution in [2.45, 2.75) is 6.42 Å². The Kier molecular flexibility index (Phi) is 5.95. The van der Waals surface area contributed by atoms with Gasteiger partial charge in [-0.3, -0.25) is 4.79 Å². The lowest BCUT2D eigenvalue weighted by atomic mass is 10.2. The van der Waals surface area contributed by atoms with Gasteiger partial charge in [0.1, 0.15) is 5.82 Å². The van der Waals surface area contributed by atoms with Crippen LogP contribution in [0.5, 0.6) is 0 Å². The van der Waals surface area contributed by atoms with Crippen LogP contribution < -0.4 is 10.2 Å². The van der Waals surface area contributed by atoms with E-state index in [0.29, 0.717) is 16.6 Å². The highest BCUT2D eigenvalue weighted by Crippen LogP contribution is 2.17. The summed E-state index contributed by atoms with van der Waals surface area (Å²) < 4.78 is 13.5. The summed E-state index contributed by atoms with van der Waals surface area (Å²) in [5.41, 5.74) is 1.59. The Morgan fingerprint density at radius 2 is 1.95 bits per heavy atom. The van der Waals surface area contributed by atoms with Crippen LogP contribution in [0.15, 0.2) is 53.0 Å². The minimum Gasteiger partial charge on any atom is -0.375 e. The Morgan fingerprint density at radius 1 is 1.23 bits per heavy atom. The van der Waals surface area contributed by atoms with E-state index in [-0.39, 0.29) is 11.7 Å². The molecule has 2 aromatic carbocycles. The fourth-order valence-corrected chi connectivity index (χ4v) is 2.63. The third-order valence-electron chi connectivity index (χ3n) is 3.33. The van der Waals surface area contributed by atoms with Crippen LogP contribution in [0.1, 0.15) is 16.8 Å². The highest BCUT2D eigenvalue weighted by atomic mass is 79.9. The van der Waals surface area contributed by atoms with Gasteiger partial charge in [0.2, 0.25) is 0 Å². The van der Waals surface area contributed by atoms with Crippen LogP contribution in [-0.4, -0.2) is 26.0 Å². The second-order valence-electron chi connectivity index (χ2n) is 4.99. The molecule has 22 heavy (non-hydrogen) atoms. The number of carbonyl (C=O) groups is 1. The number of nitrogens with one attached hydrogen (secondary N) is 1. The van der Waals surface area contributed by atoms with Crippen molar-refractivity contribution in [2.24, 2.45) is 0 Å². The number of hydrogen-bond donors (Lipinski definition) is 1. The Labute approximate surface area is 138 Å². The Morgan fingerprint density at radius 3 is 2.64 bits per heavy atom. The standard InChI is InChI=1S/C17H18BrFN2O/c1-21(14-6-3-2-4-7-14)11-5-10-20-17(22)15-9-8-13(19)12-16(15)18/h2-4,6-9,12H,5,10-11H2,1H3,(H,20,22). The molecular weight excluding hydrogens is 347 g/mol. The van der Waals surface area contributed by atoms with E-state index >= 15 is 0 Å². The van der Waals surface area contributed by atoms with Gasteiger partial charge in [-0.25, -0.2) is 4.39 Å². The Bertz CT molecular complexity index is 634. The molecule has 0 spiro atoms. The normalized spacial score (nSPS) is 10.3. The second kappa shape index (κ2) is 7.94. The van der Waals surface area contributed by atoms with Crippen LogP contribution in [0.3, 0.4) is 0 Å². The number of halogens is 2. The van der Waals surface area contributed by atoms with E-state index < -0.39 is 0 Å². The highest BCUT2D eigenvalue weighted by molar-refractivity contribution is 9.10. The lowest BCUT2D eigenvalue weighted by Gasteiger charge is -2.19. The zero-order valence-corrected chi connectivity index (χ0v) is 13.9. The SMILES string of the molecule is CN(CCCNC(=O)c1ccc(F)cc1Br)c1ccccc1. The Hall–Kier alpha value is -1.88. The molecule has 5 heteroatoms. The average molecular weight is 365 g/mol. The zero-order valence-electron chi connectivity index (χ0n) is 12.4. The molecule has 0 aliphatic rings. The molecule has 1 N–H and O–H groups in total. The molecule has 1 amide bonds. The van der Waals surface area contributed by atoms with Crippen molar-refractivity contribution in [2.75, 3.05) is 25.0 Å². The quantitative estimate of drug-likeness (QED) is 0.789. The summed E-state index contributed by atoms with van der Waals surface area (Å²) in [4.78, 5) is 14.2. The molecule has 0 bridgehead atoms. The van der Waals surface area contributed by atoms with Crippen molar-refractivity contribution in [1.82, 2.24) is 5.32 Å². The molecule has 2 aromatic rings. The van der Waals surface area contributed by atoms with Crippen molar-refractivity contribution in [1.29, 1.82) is 0 Å². The van der Waals surface area contributed by atoms with Gasteiger partial charge in [0.05, 0.1) is 5.56 Å². The van der Waals surface area contributed by atoms with Crippen molar-refractivity contribution >= 4 is 27.5 Å². The van der Waals surface area contributed by atoms with Gasteiger partial charge in [0, 0.05) is 30.3 Å². The molecular formula is C17H18BrFN2O. The first-order chi connectivity index (χ1) is 10.6. The summed E-state index contributed by atoms with van der Waals surface area (Å²) in [6.45, 7) is 1.41. The van der Waals surface area contributed by atoms with Crippen molar-refractivity contribution in [3.63, 3.8) is 0 Å². The van der Waals surface area contributed by atoms with E-state index in [1.807, 2.05) is 37.4 Å². The first-order valence-electron chi connectivity index (χ1n) is 7.07. The molecule has 0 saturated heterocycles. The smallest absolute Gasteiger partial charge is 0.252 e. The molecule has 0 aliphatic heterocycles. The van der Waals surface area contributed by atoms with E-state index in [0.717, 1.165) is 18.7 Å². The monoisotopic (exact) mass is 364 g/mol. The molecule has 0 heterocycles. The maximum Gasteiger partial charge on any atom is 0.252 e. The van der Waals surface area contributed by atoms with Crippen molar-refractivity contribution in [3.8, 4) is 0 Å². The summed E-state index contributed by atoms with van der Waals surface area (Å²) in [6.07, 6.45) is 0.829. The van der Waals surface area contributed by atoms with Gasteiger partial charge < -0.3 is 10.2 Å². The lowest BCUT2D eigenvalue weighted by Crippen LogP contribution is -2.28. The fourth-order valence-electron chi connectivity index (χ4n) is 2.10. The fraction of sp³-hybridized carbons (Fsp3) is 0.235. The van der Waals surface area contributed by atoms with Gasteiger partial charge in [-0.1, -0.05) is 18.2 Å². The number of nitrogens with zero attached hydrogens (tertiary/aromatic N) is 1. The van der Waals surface area contributed by atoms with Crippen molar-refractivity contribution < 1.29 is 9.18 Å². The van der Waals surface area contributed by atoms with Crippen LogP contribution in [0, 0.1) is 5.82 Å². The second-order valence-corrected chi connectivity index (χ2v) is 5.85. The predicted molar refractivity (Wildman–Crippen MR) is 90.8 cm³/mol. The minimum absolute atomic E-state index is 0.200. The van der Waals surface area contributed by atoms with E-state index in [2.05, 4.69) is 26.1 Å². The number of para-hydroxylation sites is 1. The number of hydrogen-bond acceptors (Lipinski definition) is 2. The first kappa shape index (κ1) is 16.5. The highest BCUT2D eigenvalue weighted by Gasteiger charge is 2.10. The summed E-state index contributed by atoms with van der Waals surface area (Å²) in [5.74, 6) is -0.567. The summed E-state index contributed by atoms with van der Waals surface area (Å²) in [6, 6.07) is 14.1. The molecule has 3 nitrogen and oxygen atoms in total. The number of rotatable bonds is 6. The molecule has 0 atom stereocenters. The zero-order chi connectivity index (χ0) is 15.9. The van der Waals surface area contributed by atoms with E-state index in [1.165, 1.54) is 18.2 Å². The molecule has 116 valence electrons. The first-order valence-corrected chi connectivity index (χ1v) is 7.86. The maximum atomic E-state index is 13.0. The predicted octanol–water partition coefficient (Wildman–Crippen LogP) is 3.84. The molecule has 0 fully saturated rings. The minimum atomic E-state index is -0.368. The van der Waals surface area contributed by atoms with Crippen molar-refractivity contribution in [3.05, 3.63) is 64.4 Å². The van der Waals surface area contributed by atoms with E-state index in [4.69, 9.17) is 0 Å². The maximum absolute atomic E-state index is 13.0. The number of benzene rings is 2. The topological polar surface area (TPSA) is 32.3 Å². The van der Waals surface area contributed by atoms with E-state index in [9.17, 15) is 9.18 Å². The average Bonchev–Trinajstić information content (AvgIpc) is 2.52. The number of amides is 1.